The molecule has 1 aromatic heterocycles. The molecule has 17 heavy (non-hydrogen) atoms. The van der Waals surface area contributed by atoms with Crippen LogP contribution in [0.5, 0.6) is 0 Å². The average molecular weight is 229 g/mol. The molecule has 1 heterocycles. The predicted octanol–water partition coefficient (Wildman–Crippen LogP) is 1.38. The lowest BCUT2D eigenvalue weighted by Crippen LogP contribution is -2.19. The maximum Gasteiger partial charge on any atom is 0.315 e. The molecule has 0 aliphatic heterocycles. The van der Waals surface area contributed by atoms with Gasteiger partial charge in [0.25, 0.3) is 0 Å². The second-order valence-corrected chi connectivity index (χ2v) is 4.27. The lowest BCUT2D eigenvalue weighted by Gasteiger charge is -2.03. The highest BCUT2D eigenvalue weighted by Crippen LogP contribution is 2.47. The lowest BCUT2D eigenvalue weighted by molar-refractivity contribution is -0.140. The van der Waals surface area contributed by atoms with Crippen molar-refractivity contribution >= 4 is 5.97 Å². The molecule has 1 aliphatic rings. The summed E-state index contributed by atoms with van der Waals surface area (Å²) in [6, 6.07) is 9.53. The quantitative estimate of drug-likeness (QED) is 0.863. The largest absolute Gasteiger partial charge is 0.481 e. The van der Waals surface area contributed by atoms with Gasteiger partial charge < -0.3 is 5.11 Å². The molecule has 0 radical (unpaired) electrons. The van der Waals surface area contributed by atoms with E-state index in [0.717, 1.165) is 5.69 Å². The number of benzene rings is 1. The lowest BCUT2D eigenvalue weighted by atomic mass is 10.0. The van der Waals surface area contributed by atoms with Crippen LogP contribution in [0.1, 0.15) is 18.5 Å². The monoisotopic (exact) mass is 229 g/mol. The molecule has 5 nitrogen and oxygen atoms in total. The van der Waals surface area contributed by atoms with E-state index in [-0.39, 0.29) is 0 Å². The zero-order chi connectivity index (χ0) is 11.9. The maximum atomic E-state index is 11.2. The van der Waals surface area contributed by atoms with Gasteiger partial charge >= 0.3 is 5.97 Å². The van der Waals surface area contributed by atoms with Gasteiger partial charge in [-0.25, -0.2) is 4.68 Å². The molecule has 1 N–H and O–H groups in total. The highest BCUT2D eigenvalue weighted by atomic mass is 16.4. The van der Waals surface area contributed by atoms with E-state index in [2.05, 4.69) is 10.3 Å². The second-order valence-electron chi connectivity index (χ2n) is 4.27. The number of nitrogens with zero attached hydrogens (tertiary/aromatic N) is 3. The molecule has 86 valence electrons. The maximum absolute atomic E-state index is 11.2. The molecule has 5 heteroatoms. The molecule has 0 spiro atoms. The first-order chi connectivity index (χ1) is 8.22. The first-order valence-corrected chi connectivity index (χ1v) is 5.44. The van der Waals surface area contributed by atoms with Crippen molar-refractivity contribution in [2.45, 2.75) is 18.3 Å². The number of carbonyl (C=O) groups is 1. The molecule has 0 bridgehead atoms. The highest BCUT2D eigenvalue weighted by molar-refractivity contribution is 5.84. The van der Waals surface area contributed by atoms with E-state index in [1.807, 2.05) is 30.3 Å². The third kappa shape index (κ3) is 1.51. The summed E-state index contributed by atoms with van der Waals surface area (Å²) in [5.74, 6) is -0.808. The number of aliphatic carboxylic acids is 1. The van der Waals surface area contributed by atoms with Gasteiger partial charge in [-0.15, -0.1) is 5.10 Å². The Kier molecular flexibility index (Phi) is 2.01. The van der Waals surface area contributed by atoms with Crippen LogP contribution in [0.3, 0.4) is 0 Å². The molecular weight excluding hydrogens is 218 g/mol. The Bertz CT molecular complexity index is 558. The fourth-order valence-electron chi connectivity index (χ4n) is 1.89. The summed E-state index contributed by atoms with van der Waals surface area (Å²) in [6.07, 6.45) is 3.00. The molecular formula is C12H11N3O2. The van der Waals surface area contributed by atoms with Gasteiger partial charge in [0.2, 0.25) is 0 Å². The van der Waals surface area contributed by atoms with Gasteiger partial charge in [0.1, 0.15) is 11.1 Å². The first-order valence-electron chi connectivity index (χ1n) is 5.44. The van der Waals surface area contributed by atoms with Crippen molar-refractivity contribution in [1.29, 1.82) is 0 Å². The van der Waals surface area contributed by atoms with Gasteiger partial charge in [0.05, 0.1) is 11.9 Å². The van der Waals surface area contributed by atoms with Gasteiger partial charge in [-0.3, -0.25) is 4.79 Å². The molecule has 1 saturated carbocycles. The summed E-state index contributed by atoms with van der Waals surface area (Å²) >= 11 is 0. The van der Waals surface area contributed by atoms with E-state index in [1.54, 1.807) is 10.9 Å². The highest BCUT2D eigenvalue weighted by Gasteiger charge is 2.54. The minimum atomic E-state index is -0.808. The van der Waals surface area contributed by atoms with E-state index in [4.69, 9.17) is 5.11 Å². The van der Waals surface area contributed by atoms with Crippen LogP contribution in [0.25, 0.3) is 5.69 Å². The summed E-state index contributed by atoms with van der Waals surface area (Å²) in [6.45, 7) is 0. The zero-order valence-corrected chi connectivity index (χ0v) is 9.08. The van der Waals surface area contributed by atoms with Crippen LogP contribution in [-0.4, -0.2) is 26.1 Å². The molecule has 1 fully saturated rings. The van der Waals surface area contributed by atoms with Crippen molar-refractivity contribution in [3.63, 3.8) is 0 Å². The van der Waals surface area contributed by atoms with Crippen molar-refractivity contribution in [2.75, 3.05) is 0 Å². The van der Waals surface area contributed by atoms with Crippen LogP contribution in [0.2, 0.25) is 0 Å². The number of carboxylic acids is 1. The number of hydrogen-bond acceptors (Lipinski definition) is 3. The smallest absolute Gasteiger partial charge is 0.315 e. The van der Waals surface area contributed by atoms with Gasteiger partial charge in [-0.05, 0) is 25.0 Å². The van der Waals surface area contributed by atoms with Crippen molar-refractivity contribution < 1.29 is 9.90 Å². The molecule has 2 aromatic rings. The predicted molar refractivity (Wildman–Crippen MR) is 59.9 cm³/mol. The Hall–Kier alpha value is -2.17. The second kappa shape index (κ2) is 3.41. The Morgan fingerprint density at radius 1 is 1.29 bits per heavy atom. The topological polar surface area (TPSA) is 68.0 Å². The summed E-state index contributed by atoms with van der Waals surface area (Å²) in [7, 11) is 0. The molecule has 0 saturated heterocycles. The van der Waals surface area contributed by atoms with Crippen LogP contribution in [0.4, 0.5) is 0 Å². The standard InChI is InChI=1S/C12H11N3O2/c16-11(17)12(6-7-12)10-8-15(14-13-10)9-4-2-1-3-5-9/h1-5,8H,6-7H2,(H,16,17). The van der Waals surface area contributed by atoms with Crippen LogP contribution in [-0.2, 0) is 10.2 Å². The van der Waals surface area contributed by atoms with E-state index >= 15 is 0 Å². The third-order valence-electron chi connectivity index (χ3n) is 3.16. The van der Waals surface area contributed by atoms with Crippen molar-refractivity contribution in [2.24, 2.45) is 0 Å². The average Bonchev–Trinajstić information content (AvgIpc) is 3.02. The van der Waals surface area contributed by atoms with Crippen LogP contribution in [0, 0.1) is 0 Å². The van der Waals surface area contributed by atoms with Crippen molar-refractivity contribution in [1.82, 2.24) is 15.0 Å². The Morgan fingerprint density at radius 3 is 2.59 bits per heavy atom. The van der Waals surface area contributed by atoms with Crippen molar-refractivity contribution in [3.8, 4) is 5.69 Å². The zero-order valence-electron chi connectivity index (χ0n) is 9.08. The van der Waals surface area contributed by atoms with E-state index < -0.39 is 11.4 Å². The summed E-state index contributed by atoms with van der Waals surface area (Å²) < 4.78 is 1.61. The Labute approximate surface area is 97.7 Å². The number of hydrogen-bond donors (Lipinski definition) is 1. The van der Waals surface area contributed by atoms with Crippen LogP contribution >= 0.6 is 0 Å². The fraction of sp³-hybridized carbons (Fsp3) is 0.250. The molecule has 0 unspecified atom stereocenters. The minimum absolute atomic E-state index is 0.550. The van der Waals surface area contributed by atoms with Gasteiger partial charge in [-0.1, -0.05) is 23.4 Å². The number of para-hydroxylation sites is 1. The van der Waals surface area contributed by atoms with Gasteiger partial charge in [0, 0.05) is 0 Å². The van der Waals surface area contributed by atoms with Crippen LogP contribution < -0.4 is 0 Å². The van der Waals surface area contributed by atoms with Gasteiger partial charge in [-0.2, -0.15) is 0 Å². The molecule has 1 aliphatic carbocycles. The van der Waals surface area contributed by atoms with Gasteiger partial charge in [0.15, 0.2) is 0 Å². The first kappa shape index (κ1) is 10.0. The number of rotatable bonds is 3. The third-order valence-corrected chi connectivity index (χ3v) is 3.16. The fourth-order valence-corrected chi connectivity index (χ4v) is 1.89. The number of aromatic nitrogens is 3. The Balaban J connectivity index is 1.97. The summed E-state index contributed by atoms with van der Waals surface area (Å²) in [5.41, 5.74) is 0.647. The van der Waals surface area contributed by atoms with Crippen molar-refractivity contribution in [3.05, 3.63) is 42.2 Å². The molecule has 3 rings (SSSR count). The minimum Gasteiger partial charge on any atom is -0.481 e. The molecule has 0 amide bonds. The van der Waals surface area contributed by atoms with E-state index in [9.17, 15) is 4.79 Å². The van der Waals surface area contributed by atoms with Crippen LogP contribution in [0.15, 0.2) is 36.5 Å². The molecule has 0 atom stereocenters. The normalized spacial score (nSPS) is 16.7. The Morgan fingerprint density at radius 2 is 2.00 bits per heavy atom. The molecule has 1 aromatic carbocycles. The summed E-state index contributed by atoms with van der Waals surface area (Å²) in [5, 5.41) is 17.1. The van der Waals surface area contributed by atoms with E-state index in [1.165, 1.54) is 0 Å². The summed E-state index contributed by atoms with van der Waals surface area (Å²) in [4.78, 5) is 11.2. The SMILES string of the molecule is O=C(O)C1(c2cn(-c3ccccc3)nn2)CC1. The number of carboxylic acid groups (broad SMARTS) is 1. The van der Waals surface area contributed by atoms with E-state index in [0.29, 0.717) is 18.5 Å².